The summed E-state index contributed by atoms with van der Waals surface area (Å²) in [5, 5.41) is 8.97. The Hall–Kier alpha value is -2.11. The number of carboxylic acids is 1. The van der Waals surface area contributed by atoms with Crippen LogP contribution in [0.5, 0.6) is 5.75 Å². The Kier molecular flexibility index (Phi) is 4.33. The average molecular weight is 264 g/mol. The molecule has 1 unspecified atom stereocenters. The van der Waals surface area contributed by atoms with Gasteiger partial charge in [-0.25, -0.2) is 0 Å². The summed E-state index contributed by atoms with van der Waals surface area (Å²) in [5.74, 6) is -0.959. The highest BCUT2D eigenvalue weighted by molar-refractivity contribution is 5.79. The van der Waals surface area contributed by atoms with Crippen LogP contribution < -0.4 is 4.74 Å². The van der Waals surface area contributed by atoms with Crippen molar-refractivity contribution in [3.8, 4) is 5.75 Å². The highest BCUT2D eigenvalue weighted by atomic mass is 16.5. The summed E-state index contributed by atoms with van der Waals surface area (Å²) in [6.07, 6.45) is 4.50. The molecule has 1 atom stereocenters. The Morgan fingerprint density at radius 2 is 2.37 bits per heavy atom. The van der Waals surface area contributed by atoms with E-state index in [9.17, 15) is 9.59 Å². The van der Waals surface area contributed by atoms with Gasteiger partial charge in [-0.3, -0.25) is 14.6 Å². The van der Waals surface area contributed by atoms with Gasteiger partial charge in [0.05, 0.1) is 12.1 Å². The van der Waals surface area contributed by atoms with Gasteiger partial charge < -0.3 is 14.7 Å². The van der Waals surface area contributed by atoms with Crippen molar-refractivity contribution < 1.29 is 19.4 Å². The lowest BCUT2D eigenvalue weighted by Crippen LogP contribution is -2.44. The first-order valence-corrected chi connectivity index (χ1v) is 6.20. The summed E-state index contributed by atoms with van der Waals surface area (Å²) in [7, 11) is 0. The van der Waals surface area contributed by atoms with Crippen LogP contribution >= 0.6 is 0 Å². The van der Waals surface area contributed by atoms with E-state index < -0.39 is 11.9 Å². The largest absolute Gasteiger partial charge is 0.482 e. The fourth-order valence-corrected chi connectivity index (χ4v) is 2.07. The van der Waals surface area contributed by atoms with E-state index in [1.165, 1.54) is 6.20 Å². The zero-order valence-electron chi connectivity index (χ0n) is 10.5. The molecule has 19 heavy (non-hydrogen) atoms. The first kappa shape index (κ1) is 13.3. The minimum Gasteiger partial charge on any atom is -0.482 e. The molecule has 0 saturated carbocycles. The zero-order valence-corrected chi connectivity index (χ0v) is 10.5. The Morgan fingerprint density at radius 3 is 3.05 bits per heavy atom. The first-order valence-electron chi connectivity index (χ1n) is 6.20. The molecule has 0 aliphatic carbocycles. The number of likely N-dealkylation sites (tertiary alicyclic amines) is 1. The quantitative estimate of drug-likeness (QED) is 0.869. The smallest absolute Gasteiger partial charge is 0.308 e. The molecule has 1 N–H and O–H groups in total. The fourth-order valence-electron chi connectivity index (χ4n) is 2.07. The number of hydrogen-bond donors (Lipinski definition) is 1. The molecule has 2 rings (SSSR count). The Bertz CT molecular complexity index is 449. The minimum atomic E-state index is -0.842. The molecule has 1 aromatic rings. The van der Waals surface area contributed by atoms with Crippen LogP contribution in [0.1, 0.15) is 12.8 Å². The highest BCUT2D eigenvalue weighted by Crippen LogP contribution is 2.17. The zero-order chi connectivity index (χ0) is 13.7. The molecule has 1 fully saturated rings. The van der Waals surface area contributed by atoms with Crippen LogP contribution in [0.4, 0.5) is 0 Å². The van der Waals surface area contributed by atoms with E-state index in [1.54, 1.807) is 23.2 Å². The van der Waals surface area contributed by atoms with Crippen LogP contribution in [0.25, 0.3) is 0 Å². The lowest BCUT2D eigenvalue weighted by molar-refractivity contribution is -0.146. The summed E-state index contributed by atoms with van der Waals surface area (Å²) in [5.41, 5.74) is 0. The third-order valence-electron chi connectivity index (χ3n) is 3.12. The lowest BCUT2D eigenvalue weighted by Gasteiger charge is -2.30. The van der Waals surface area contributed by atoms with Crippen molar-refractivity contribution >= 4 is 11.9 Å². The number of piperidine rings is 1. The number of nitrogens with zero attached hydrogens (tertiary/aromatic N) is 2. The molecule has 1 aliphatic rings. The third-order valence-corrected chi connectivity index (χ3v) is 3.12. The number of carbonyl (C=O) groups excluding carboxylic acids is 1. The van der Waals surface area contributed by atoms with E-state index >= 15 is 0 Å². The molecule has 1 aromatic heterocycles. The summed E-state index contributed by atoms with van der Waals surface area (Å²) in [6, 6.07) is 3.44. The van der Waals surface area contributed by atoms with Gasteiger partial charge in [-0.2, -0.15) is 0 Å². The molecule has 0 bridgehead atoms. The van der Waals surface area contributed by atoms with Crippen LogP contribution in [-0.2, 0) is 9.59 Å². The lowest BCUT2D eigenvalue weighted by atomic mass is 9.98. The molecule has 1 saturated heterocycles. The van der Waals surface area contributed by atoms with Crippen molar-refractivity contribution in [1.82, 2.24) is 9.88 Å². The van der Waals surface area contributed by atoms with E-state index in [0.29, 0.717) is 18.7 Å². The van der Waals surface area contributed by atoms with Gasteiger partial charge in [0.2, 0.25) is 0 Å². The van der Waals surface area contributed by atoms with E-state index in [2.05, 4.69) is 4.98 Å². The highest BCUT2D eigenvalue weighted by Gasteiger charge is 2.28. The number of pyridine rings is 1. The summed E-state index contributed by atoms with van der Waals surface area (Å²) in [4.78, 5) is 28.3. The van der Waals surface area contributed by atoms with E-state index in [1.807, 2.05) is 0 Å². The summed E-state index contributed by atoms with van der Waals surface area (Å²) < 4.78 is 5.32. The van der Waals surface area contributed by atoms with Gasteiger partial charge in [0, 0.05) is 19.3 Å². The molecule has 0 spiro atoms. The summed E-state index contributed by atoms with van der Waals surface area (Å²) >= 11 is 0. The predicted molar refractivity (Wildman–Crippen MR) is 66.7 cm³/mol. The fraction of sp³-hybridized carbons (Fsp3) is 0.462. The number of rotatable bonds is 4. The second kappa shape index (κ2) is 6.17. The predicted octanol–water partition coefficient (Wildman–Crippen LogP) is 0.784. The number of aromatic nitrogens is 1. The molecule has 0 radical (unpaired) electrons. The molecule has 1 amide bonds. The SMILES string of the molecule is O=C(O)C1CCCN(C(=O)COc2cccnc2)C1. The van der Waals surface area contributed by atoms with E-state index in [4.69, 9.17) is 9.84 Å². The van der Waals surface area contributed by atoms with Crippen molar-refractivity contribution in [3.05, 3.63) is 24.5 Å². The second-order valence-electron chi connectivity index (χ2n) is 4.49. The molecule has 0 aromatic carbocycles. The monoisotopic (exact) mass is 264 g/mol. The number of aliphatic carboxylic acids is 1. The maximum Gasteiger partial charge on any atom is 0.308 e. The Balaban J connectivity index is 1.84. The van der Waals surface area contributed by atoms with Crippen molar-refractivity contribution in [1.29, 1.82) is 0 Å². The van der Waals surface area contributed by atoms with Crippen molar-refractivity contribution in [2.75, 3.05) is 19.7 Å². The molecule has 6 heteroatoms. The van der Waals surface area contributed by atoms with Crippen LogP contribution in [-0.4, -0.2) is 46.6 Å². The first-order chi connectivity index (χ1) is 9.16. The number of ether oxygens (including phenoxy) is 1. The Labute approximate surface area is 111 Å². The van der Waals surface area contributed by atoms with Crippen LogP contribution in [0.2, 0.25) is 0 Å². The van der Waals surface area contributed by atoms with Gasteiger partial charge in [-0.15, -0.1) is 0 Å². The normalized spacial score (nSPS) is 18.9. The maximum atomic E-state index is 11.9. The molecule has 1 aliphatic heterocycles. The molecule has 6 nitrogen and oxygen atoms in total. The molecule has 2 heterocycles. The number of carboxylic acid groups (broad SMARTS) is 1. The van der Waals surface area contributed by atoms with Gasteiger partial charge in [-0.05, 0) is 25.0 Å². The van der Waals surface area contributed by atoms with Gasteiger partial charge in [-0.1, -0.05) is 0 Å². The maximum absolute atomic E-state index is 11.9. The van der Waals surface area contributed by atoms with Crippen molar-refractivity contribution in [2.24, 2.45) is 5.92 Å². The van der Waals surface area contributed by atoms with Gasteiger partial charge in [0.15, 0.2) is 6.61 Å². The number of carbonyl (C=O) groups is 2. The molecule has 102 valence electrons. The Morgan fingerprint density at radius 1 is 1.53 bits per heavy atom. The average Bonchev–Trinajstić information content (AvgIpc) is 2.46. The van der Waals surface area contributed by atoms with Gasteiger partial charge in [0.1, 0.15) is 5.75 Å². The van der Waals surface area contributed by atoms with Crippen molar-refractivity contribution in [3.63, 3.8) is 0 Å². The van der Waals surface area contributed by atoms with Crippen LogP contribution in [0, 0.1) is 5.92 Å². The van der Waals surface area contributed by atoms with Crippen molar-refractivity contribution in [2.45, 2.75) is 12.8 Å². The third kappa shape index (κ3) is 3.67. The van der Waals surface area contributed by atoms with E-state index in [-0.39, 0.29) is 19.1 Å². The van der Waals surface area contributed by atoms with E-state index in [0.717, 1.165) is 6.42 Å². The van der Waals surface area contributed by atoms with Gasteiger partial charge >= 0.3 is 5.97 Å². The molecular formula is C13H16N2O4. The van der Waals surface area contributed by atoms with Crippen LogP contribution in [0.15, 0.2) is 24.5 Å². The number of amides is 1. The van der Waals surface area contributed by atoms with Gasteiger partial charge in [0.25, 0.3) is 5.91 Å². The molecular weight excluding hydrogens is 248 g/mol. The summed E-state index contributed by atoms with van der Waals surface area (Å²) in [6.45, 7) is 0.779. The number of hydrogen-bond acceptors (Lipinski definition) is 4. The standard InChI is InChI=1S/C13H16N2O4/c16-12(9-19-11-4-1-5-14-7-11)15-6-2-3-10(8-15)13(17)18/h1,4-5,7,10H,2-3,6,8-9H2,(H,17,18). The topological polar surface area (TPSA) is 79.7 Å². The van der Waals surface area contributed by atoms with Crippen LogP contribution in [0.3, 0.4) is 0 Å². The second-order valence-corrected chi connectivity index (χ2v) is 4.49. The minimum absolute atomic E-state index is 0.0853.